The molecule has 2 aromatic heterocycles. The third-order valence-corrected chi connectivity index (χ3v) is 8.90. The Balaban J connectivity index is 1.10. The number of imidazole rings is 1. The van der Waals surface area contributed by atoms with E-state index in [0.29, 0.717) is 5.52 Å². The molecule has 1 aliphatic heterocycles. The first-order valence-corrected chi connectivity index (χ1v) is 15.4. The summed E-state index contributed by atoms with van der Waals surface area (Å²) in [5.74, 6) is 0.895. The molecule has 3 heterocycles. The van der Waals surface area contributed by atoms with Gasteiger partial charge in [-0.1, -0.05) is 73.7 Å². The minimum absolute atomic E-state index is 0.270. The lowest BCUT2D eigenvalue weighted by molar-refractivity contribution is 0.250. The Labute approximate surface area is 255 Å². The minimum atomic E-state index is -0.599. The van der Waals surface area contributed by atoms with E-state index < -0.39 is 11.1 Å². The van der Waals surface area contributed by atoms with E-state index in [1.165, 1.54) is 5.56 Å². The van der Waals surface area contributed by atoms with E-state index >= 15 is 0 Å². The number of benzene rings is 4. The maximum atomic E-state index is 13.1. The topological polar surface area (TPSA) is 90.0 Å². The number of aromatic amines is 2. The number of rotatable bonds is 7. The summed E-state index contributed by atoms with van der Waals surface area (Å²) >= 11 is 0. The first-order chi connectivity index (χ1) is 21.5. The summed E-state index contributed by atoms with van der Waals surface area (Å²) in [5.41, 5.74) is 7.99. The fraction of sp³-hybridized carbons (Fsp3) is 0.250. The van der Waals surface area contributed by atoms with Gasteiger partial charge in [-0.2, -0.15) is 0 Å². The summed E-state index contributed by atoms with van der Waals surface area (Å²) in [6, 6.07) is 30.6. The second-order valence-electron chi connectivity index (χ2n) is 11.6. The molecule has 6 aromatic rings. The number of aromatic nitrogens is 4. The van der Waals surface area contributed by atoms with Crippen molar-refractivity contribution in [3.63, 3.8) is 0 Å². The van der Waals surface area contributed by atoms with Gasteiger partial charge in [0, 0.05) is 38.3 Å². The Morgan fingerprint density at radius 1 is 0.795 bits per heavy atom. The molecule has 8 nitrogen and oxygen atoms in total. The molecule has 7 rings (SSSR count). The van der Waals surface area contributed by atoms with Crippen molar-refractivity contribution < 1.29 is 0 Å². The zero-order valence-corrected chi connectivity index (χ0v) is 25.1. The molecule has 0 radical (unpaired) electrons. The van der Waals surface area contributed by atoms with E-state index in [9.17, 15) is 9.59 Å². The van der Waals surface area contributed by atoms with E-state index in [-0.39, 0.29) is 6.04 Å². The molecule has 1 aliphatic rings. The average Bonchev–Trinajstić information content (AvgIpc) is 3.51. The van der Waals surface area contributed by atoms with Crippen molar-refractivity contribution >= 4 is 27.8 Å². The van der Waals surface area contributed by atoms with E-state index in [0.717, 1.165) is 83.9 Å². The zero-order chi connectivity index (χ0) is 30.2. The van der Waals surface area contributed by atoms with Crippen LogP contribution in [0.5, 0.6) is 0 Å². The summed E-state index contributed by atoms with van der Waals surface area (Å²) in [4.78, 5) is 41.8. The van der Waals surface area contributed by atoms with E-state index in [1.807, 2.05) is 49.4 Å². The molecular weight excluding hydrogens is 548 g/mol. The highest BCUT2D eigenvalue weighted by Crippen LogP contribution is 2.30. The van der Waals surface area contributed by atoms with Crippen LogP contribution in [0.3, 0.4) is 0 Å². The van der Waals surface area contributed by atoms with Crippen LogP contribution in [-0.2, 0) is 13.0 Å². The highest BCUT2D eigenvalue weighted by molar-refractivity contribution is 5.91. The van der Waals surface area contributed by atoms with Gasteiger partial charge in [-0.05, 0) is 54.3 Å². The highest BCUT2D eigenvalue weighted by Gasteiger charge is 2.21. The SMILES string of the molecule is CCc1ccc(-c2nc3c(N4CCN(Cc5ccc6[nH]c(=O)c(=O)n(C(C)c7ccccc7)c6c5)CC4)cccc3[nH]2)cc1. The molecule has 2 N–H and O–H groups in total. The summed E-state index contributed by atoms with van der Waals surface area (Å²) in [7, 11) is 0. The van der Waals surface area contributed by atoms with Crippen molar-refractivity contribution in [1.82, 2.24) is 24.4 Å². The van der Waals surface area contributed by atoms with Crippen LogP contribution in [0.4, 0.5) is 5.69 Å². The van der Waals surface area contributed by atoms with E-state index in [4.69, 9.17) is 4.98 Å². The lowest BCUT2D eigenvalue weighted by Gasteiger charge is -2.36. The van der Waals surface area contributed by atoms with Crippen molar-refractivity contribution in [2.75, 3.05) is 31.1 Å². The quantitative estimate of drug-likeness (QED) is 0.234. The molecule has 1 atom stereocenters. The maximum Gasteiger partial charge on any atom is 0.317 e. The lowest BCUT2D eigenvalue weighted by Crippen LogP contribution is -2.46. The van der Waals surface area contributed by atoms with Crippen LogP contribution in [0.25, 0.3) is 33.5 Å². The van der Waals surface area contributed by atoms with Crippen molar-refractivity contribution in [3.05, 3.63) is 128 Å². The molecule has 0 amide bonds. The van der Waals surface area contributed by atoms with Gasteiger partial charge in [-0.15, -0.1) is 0 Å². The third-order valence-electron chi connectivity index (χ3n) is 8.90. The van der Waals surface area contributed by atoms with Gasteiger partial charge in [0.2, 0.25) is 0 Å². The summed E-state index contributed by atoms with van der Waals surface area (Å²) < 4.78 is 1.63. The second-order valence-corrected chi connectivity index (χ2v) is 11.6. The number of fused-ring (bicyclic) bond motifs is 2. The van der Waals surface area contributed by atoms with Crippen molar-refractivity contribution in [1.29, 1.82) is 0 Å². The predicted octanol–water partition coefficient (Wildman–Crippen LogP) is 5.73. The summed E-state index contributed by atoms with van der Waals surface area (Å²) in [6.45, 7) is 8.49. The fourth-order valence-corrected chi connectivity index (χ4v) is 6.35. The standard InChI is InChI=1S/C36H36N6O2/c1-3-25-12-15-28(16-13-25)34-37-30-10-7-11-31(33(30)39-34)41-20-18-40(19-21-41)23-26-14-17-29-32(22-26)42(36(44)35(43)38-29)24(2)27-8-5-4-6-9-27/h4-17,22,24H,3,18-21,23H2,1-2H3,(H,37,39)(H,38,43). The lowest BCUT2D eigenvalue weighted by atomic mass is 10.1. The Morgan fingerprint density at radius 3 is 2.30 bits per heavy atom. The zero-order valence-electron chi connectivity index (χ0n) is 25.1. The summed E-state index contributed by atoms with van der Waals surface area (Å²) in [6.07, 6.45) is 1.02. The van der Waals surface area contributed by atoms with Crippen LogP contribution < -0.4 is 16.0 Å². The van der Waals surface area contributed by atoms with Crippen LogP contribution in [0.1, 0.15) is 36.6 Å². The van der Waals surface area contributed by atoms with Crippen LogP contribution >= 0.6 is 0 Å². The van der Waals surface area contributed by atoms with E-state index in [1.54, 1.807) is 4.57 Å². The Bertz CT molecular complexity index is 2050. The Hall–Kier alpha value is -4.95. The maximum absolute atomic E-state index is 13.1. The highest BCUT2D eigenvalue weighted by atomic mass is 16.2. The van der Waals surface area contributed by atoms with Crippen molar-refractivity contribution in [2.24, 2.45) is 0 Å². The number of hydrogen-bond donors (Lipinski definition) is 2. The van der Waals surface area contributed by atoms with Gasteiger partial charge in [0.1, 0.15) is 11.3 Å². The Morgan fingerprint density at radius 2 is 1.55 bits per heavy atom. The number of nitrogens with one attached hydrogen (secondary N) is 2. The second kappa shape index (κ2) is 11.6. The van der Waals surface area contributed by atoms with Crippen LogP contribution in [-0.4, -0.2) is 50.6 Å². The van der Waals surface area contributed by atoms with Gasteiger partial charge in [0.25, 0.3) is 0 Å². The molecular formula is C36H36N6O2. The number of piperazine rings is 1. The average molecular weight is 585 g/mol. The number of para-hydroxylation sites is 1. The third kappa shape index (κ3) is 5.22. The molecule has 4 aromatic carbocycles. The molecule has 0 bridgehead atoms. The van der Waals surface area contributed by atoms with Crippen molar-refractivity contribution in [3.8, 4) is 11.4 Å². The first-order valence-electron chi connectivity index (χ1n) is 15.4. The smallest absolute Gasteiger partial charge is 0.317 e. The molecule has 1 fully saturated rings. The summed E-state index contributed by atoms with van der Waals surface area (Å²) in [5, 5.41) is 0. The van der Waals surface area contributed by atoms with E-state index in [2.05, 4.69) is 75.2 Å². The molecule has 0 spiro atoms. The molecule has 1 saturated heterocycles. The van der Waals surface area contributed by atoms with Gasteiger partial charge in [-0.25, -0.2) is 4.98 Å². The van der Waals surface area contributed by atoms with Gasteiger partial charge in [0.15, 0.2) is 0 Å². The first kappa shape index (κ1) is 27.9. The van der Waals surface area contributed by atoms with Crippen LogP contribution in [0.15, 0.2) is 101 Å². The Kier molecular flexibility index (Phi) is 7.36. The van der Waals surface area contributed by atoms with Gasteiger partial charge in [-0.3, -0.25) is 19.1 Å². The van der Waals surface area contributed by atoms with Crippen molar-refractivity contribution in [2.45, 2.75) is 32.9 Å². The van der Waals surface area contributed by atoms with Gasteiger partial charge >= 0.3 is 11.1 Å². The monoisotopic (exact) mass is 584 g/mol. The molecule has 222 valence electrons. The van der Waals surface area contributed by atoms with Crippen LogP contribution in [0, 0.1) is 0 Å². The van der Waals surface area contributed by atoms with Gasteiger partial charge in [0.05, 0.1) is 28.3 Å². The predicted molar refractivity (Wildman–Crippen MR) is 177 cm³/mol. The normalized spacial score (nSPS) is 14.8. The largest absolute Gasteiger partial charge is 0.367 e. The fourth-order valence-electron chi connectivity index (χ4n) is 6.35. The molecule has 0 aliphatic carbocycles. The molecule has 44 heavy (non-hydrogen) atoms. The molecule has 1 unspecified atom stereocenters. The van der Waals surface area contributed by atoms with Crippen LogP contribution in [0.2, 0.25) is 0 Å². The number of anilines is 1. The minimum Gasteiger partial charge on any atom is -0.367 e. The number of aryl methyl sites for hydroxylation is 1. The number of hydrogen-bond acceptors (Lipinski definition) is 5. The molecule has 0 saturated carbocycles. The number of nitrogens with zero attached hydrogens (tertiary/aromatic N) is 4. The van der Waals surface area contributed by atoms with Gasteiger partial charge < -0.3 is 14.9 Å². The number of H-pyrrole nitrogens is 2. The molecule has 8 heteroatoms.